The van der Waals surface area contributed by atoms with E-state index in [2.05, 4.69) is 10.6 Å². The van der Waals surface area contributed by atoms with E-state index in [1.165, 1.54) is 20.8 Å². The summed E-state index contributed by atoms with van der Waals surface area (Å²) in [4.78, 5) is 35.9. The maximum Gasteiger partial charge on any atom is 0.423 e. The van der Waals surface area contributed by atoms with Crippen LogP contribution in [0, 0.1) is 15.5 Å². The molecule has 2 rings (SSSR count). The van der Waals surface area contributed by atoms with Crippen molar-refractivity contribution in [1.82, 2.24) is 0 Å². The predicted molar refractivity (Wildman–Crippen MR) is 168 cm³/mol. The third-order valence-electron chi connectivity index (χ3n) is 9.41. The van der Waals surface area contributed by atoms with E-state index in [0.717, 1.165) is 12.1 Å². The van der Waals surface area contributed by atoms with Crippen LogP contribution in [0.4, 0.5) is 30.2 Å². The van der Waals surface area contributed by atoms with Gasteiger partial charge < -0.3 is 20.5 Å². The van der Waals surface area contributed by atoms with E-state index in [9.17, 15) is 38.0 Å². The van der Waals surface area contributed by atoms with E-state index in [0.29, 0.717) is 49.6 Å². The number of aliphatic hydroxyl groups is 1. The van der Waals surface area contributed by atoms with Crippen molar-refractivity contribution in [3.8, 4) is 5.75 Å². The molecule has 1 amide bonds. The number of nitrogens with one attached hydrogen (secondary N) is 2. The summed E-state index contributed by atoms with van der Waals surface area (Å²) in [5.41, 5.74) is -7.35. The second-order valence-electron chi connectivity index (χ2n) is 12.1. The molecular formula is C33H46F3N3O6. The van der Waals surface area contributed by atoms with Crippen LogP contribution in [0.5, 0.6) is 5.75 Å². The third-order valence-corrected chi connectivity index (χ3v) is 9.41. The molecule has 0 aliphatic heterocycles. The number of Topliss-reactive ketones (excluding diaryl/α,β-unsaturated/α-hetero) is 1. The first-order chi connectivity index (χ1) is 20.8. The van der Waals surface area contributed by atoms with Crippen molar-refractivity contribution in [2.24, 2.45) is 5.41 Å². The van der Waals surface area contributed by atoms with Crippen LogP contribution in [0.2, 0.25) is 0 Å². The number of hydrogen-bond acceptors (Lipinski definition) is 7. The average molecular weight is 638 g/mol. The Morgan fingerprint density at radius 2 is 1.42 bits per heavy atom. The standard InChI is InChI=1S/C33H46F3N3O6/c1-9-29(7,38-24-16-19-27(39(43)44)26(20-24)33(34,35)36)28(41)30(8,42)31(10-2,11-3)21-32(12-4,13-5)45-25-17-14-23(15-18-25)37-22(6)40/h14-20,38,42H,9-13,21H2,1-8H3,(H,37,40). The molecule has 12 heteroatoms. The van der Waals surface area contributed by atoms with Gasteiger partial charge in [0.25, 0.3) is 5.69 Å². The number of carbonyl (C=O) groups is 2. The average Bonchev–Trinajstić information content (AvgIpc) is 2.98. The highest BCUT2D eigenvalue weighted by molar-refractivity contribution is 5.98. The molecule has 0 fully saturated rings. The van der Waals surface area contributed by atoms with E-state index in [1.54, 1.807) is 31.2 Å². The van der Waals surface area contributed by atoms with Gasteiger partial charge in [0, 0.05) is 29.8 Å². The molecule has 0 aliphatic rings. The van der Waals surface area contributed by atoms with Gasteiger partial charge in [-0.25, -0.2) is 0 Å². The topological polar surface area (TPSA) is 131 Å². The lowest BCUT2D eigenvalue weighted by molar-refractivity contribution is -0.388. The van der Waals surface area contributed by atoms with Crippen molar-refractivity contribution in [1.29, 1.82) is 0 Å². The maximum absolute atomic E-state index is 14.4. The highest BCUT2D eigenvalue weighted by Crippen LogP contribution is 2.50. The van der Waals surface area contributed by atoms with Gasteiger partial charge in [-0.1, -0.05) is 34.6 Å². The highest BCUT2D eigenvalue weighted by Gasteiger charge is 2.57. The van der Waals surface area contributed by atoms with Gasteiger partial charge in [-0.05, 0) is 88.8 Å². The van der Waals surface area contributed by atoms with E-state index >= 15 is 0 Å². The number of ether oxygens (including phenoxy) is 1. The second-order valence-corrected chi connectivity index (χ2v) is 12.1. The molecule has 0 heterocycles. The lowest BCUT2D eigenvalue weighted by atomic mass is 9.59. The molecule has 9 nitrogen and oxygen atoms in total. The number of amides is 1. The molecule has 2 atom stereocenters. The van der Waals surface area contributed by atoms with Gasteiger partial charge in [-0.2, -0.15) is 13.2 Å². The van der Waals surface area contributed by atoms with Crippen molar-refractivity contribution in [2.75, 3.05) is 10.6 Å². The van der Waals surface area contributed by atoms with Crippen LogP contribution in [-0.4, -0.2) is 38.5 Å². The lowest BCUT2D eigenvalue weighted by Gasteiger charge is -2.51. The number of hydrogen-bond donors (Lipinski definition) is 3. The van der Waals surface area contributed by atoms with E-state index in [1.807, 2.05) is 27.7 Å². The fourth-order valence-corrected chi connectivity index (χ4v) is 6.12. The van der Waals surface area contributed by atoms with Gasteiger partial charge in [-0.3, -0.25) is 19.7 Å². The molecule has 0 radical (unpaired) electrons. The monoisotopic (exact) mass is 637 g/mol. The van der Waals surface area contributed by atoms with Crippen LogP contribution in [0.3, 0.4) is 0 Å². The van der Waals surface area contributed by atoms with Gasteiger partial charge in [0.1, 0.15) is 22.5 Å². The number of nitro groups is 1. The van der Waals surface area contributed by atoms with Crippen LogP contribution >= 0.6 is 0 Å². The first-order valence-electron chi connectivity index (χ1n) is 15.3. The minimum absolute atomic E-state index is 0.105. The molecule has 0 bridgehead atoms. The van der Waals surface area contributed by atoms with Crippen LogP contribution in [0.15, 0.2) is 42.5 Å². The number of nitrogens with zero attached hydrogens (tertiary/aromatic N) is 1. The predicted octanol–water partition coefficient (Wildman–Crippen LogP) is 8.31. The molecule has 3 N–H and O–H groups in total. The number of benzene rings is 2. The summed E-state index contributed by atoms with van der Waals surface area (Å²) in [6.07, 6.45) is -2.71. The van der Waals surface area contributed by atoms with Crippen molar-refractivity contribution in [3.05, 3.63) is 58.1 Å². The Bertz CT molecular complexity index is 1350. The second kappa shape index (κ2) is 14.2. The Morgan fingerprint density at radius 1 is 0.889 bits per heavy atom. The van der Waals surface area contributed by atoms with Crippen LogP contribution < -0.4 is 15.4 Å². The third kappa shape index (κ3) is 8.14. The van der Waals surface area contributed by atoms with Crippen molar-refractivity contribution in [2.45, 2.75) is 117 Å². The summed E-state index contributed by atoms with van der Waals surface area (Å²) < 4.78 is 47.6. The van der Waals surface area contributed by atoms with E-state index in [4.69, 9.17) is 4.74 Å². The SMILES string of the molecule is CCC(CC)(CC(CC)(CC)C(C)(O)C(=O)C(C)(CC)Nc1ccc([N+](=O)[O-])c(C(F)(F)F)c1)Oc1ccc(NC(C)=O)cc1. The number of alkyl halides is 3. The number of anilines is 2. The van der Waals surface area contributed by atoms with E-state index < -0.39 is 50.3 Å². The Hall–Kier alpha value is -3.67. The van der Waals surface area contributed by atoms with Crippen LogP contribution in [0.1, 0.15) is 99.5 Å². The Labute approximate surface area is 263 Å². The Balaban J connectivity index is 2.52. The van der Waals surface area contributed by atoms with Gasteiger partial charge in [-0.15, -0.1) is 0 Å². The fourth-order valence-electron chi connectivity index (χ4n) is 6.12. The molecule has 2 aromatic rings. The van der Waals surface area contributed by atoms with Gasteiger partial charge in [0.05, 0.1) is 10.5 Å². The smallest absolute Gasteiger partial charge is 0.423 e. The summed E-state index contributed by atoms with van der Waals surface area (Å²) in [6.45, 7) is 13.7. The zero-order valence-electron chi connectivity index (χ0n) is 27.4. The van der Waals surface area contributed by atoms with Crippen molar-refractivity contribution in [3.63, 3.8) is 0 Å². The number of nitro benzene ring substituents is 1. The van der Waals surface area contributed by atoms with Crippen molar-refractivity contribution >= 4 is 28.8 Å². The molecule has 45 heavy (non-hydrogen) atoms. The molecule has 0 aliphatic carbocycles. The quantitative estimate of drug-likeness (QED) is 0.125. The fraction of sp³-hybridized carbons (Fsp3) is 0.576. The summed E-state index contributed by atoms with van der Waals surface area (Å²) in [7, 11) is 0. The highest BCUT2D eigenvalue weighted by atomic mass is 19.4. The molecular weight excluding hydrogens is 591 g/mol. The van der Waals surface area contributed by atoms with Crippen molar-refractivity contribution < 1.29 is 37.5 Å². The molecule has 0 spiro atoms. The molecule has 250 valence electrons. The summed E-state index contributed by atoms with van der Waals surface area (Å²) in [6, 6.07) is 9.42. The molecule has 0 saturated carbocycles. The Kier molecular flexibility index (Phi) is 11.8. The molecule has 0 saturated heterocycles. The lowest BCUT2D eigenvalue weighted by Crippen LogP contribution is -2.63. The molecule has 0 aromatic heterocycles. The largest absolute Gasteiger partial charge is 0.487 e. The van der Waals surface area contributed by atoms with Gasteiger partial charge >= 0.3 is 6.18 Å². The normalized spacial score (nSPS) is 15.0. The number of rotatable bonds is 16. The maximum atomic E-state index is 14.4. The Morgan fingerprint density at radius 3 is 1.84 bits per heavy atom. The summed E-state index contributed by atoms with van der Waals surface area (Å²) >= 11 is 0. The number of carbonyl (C=O) groups excluding carboxylic acids is 2. The minimum atomic E-state index is -4.99. The first kappa shape index (κ1) is 37.5. The summed E-state index contributed by atoms with van der Waals surface area (Å²) in [5, 5.41) is 29.0. The molecule has 2 unspecified atom stereocenters. The molecule has 2 aromatic carbocycles. The first-order valence-corrected chi connectivity index (χ1v) is 15.3. The van der Waals surface area contributed by atoms with Crippen LogP contribution in [-0.2, 0) is 15.8 Å². The van der Waals surface area contributed by atoms with Gasteiger partial charge in [0.15, 0.2) is 5.78 Å². The zero-order chi connectivity index (χ0) is 34.4. The minimum Gasteiger partial charge on any atom is -0.487 e. The number of ketones is 1. The summed E-state index contributed by atoms with van der Waals surface area (Å²) in [5.74, 6) is -0.266. The number of halogens is 3. The zero-order valence-corrected chi connectivity index (χ0v) is 27.4. The van der Waals surface area contributed by atoms with E-state index in [-0.39, 0.29) is 18.0 Å². The van der Waals surface area contributed by atoms with Gasteiger partial charge in [0.2, 0.25) is 5.91 Å². The van der Waals surface area contributed by atoms with Crippen LogP contribution in [0.25, 0.3) is 0 Å².